The van der Waals surface area contributed by atoms with E-state index in [2.05, 4.69) is 46.7 Å². The highest BCUT2D eigenvalue weighted by Gasteiger charge is 2.20. The maximum absolute atomic E-state index is 12.0. The molecule has 1 aliphatic heterocycles. The lowest BCUT2D eigenvalue weighted by molar-refractivity contribution is 0.0947. The van der Waals surface area contributed by atoms with Crippen molar-refractivity contribution >= 4 is 28.5 Å². The third-order valence-electron chi connectivity index (χ3n) is 3.99. The molecule has 1 aromatic carbocycles. The van der Waals surface area contributed by atoms with E-state index in [-0.39, 0.29) is 5.91 Å². The van der Waals surface area contributed by atoms with Crippen LogP contribution in [-0.4, -0.2) is 37.0 Å². The predicted octanol–water partition coefficient (Wildman–Crippen LogP) is 3.39. The van der Waals surface area contributed by atoms with Crippen LogP contribution in [0.5, 0.6) is 0 Å². The number of likely N-dealkylation sites (tertiary alicyclic amines) is 1. The van der Waals surface area contributed by atoms with E-state index >= 15 is 0 Å². The molecule has 2 rings (SSSR count). The van der Waals surface area contributed by atoms with Gasteiger partial charge in [-0.15, -0.1) is 0 Å². The van der Waals surface area contributed by atoms with Crippen molar-refractivity contribution in [2.24, 2.45) is 11.8 Å². The fourth-order valence-corrected chi connectivity index (χ4v) is 3.54. The van der Waals surface area contributed by atoms with E-state index in [0.717, 1.165) is 40.5 Å². The average molecular weight is 400 g/mol. The number of carbonyl (C=O) groups excluding carboxylic acids is 1. The molecule has 3 nitrogen and oxygen atoms in total. The molecule has 1 N–H and O–H groups in total. The van der Waals surface area contributed by atoms with E-state index in [9.17, 15) is 4.79 Å². The number of benzene rings is 1. The van der Waals surface area contributed by atoms with Gasteiger partial charge in [0.15, 0.2) is 0 Å². The van der Waals surface area contributed by atoms with E-state index in [1.807, 2.05) is 24.3 Å². The fraction of sp³-hybridized carbons (Fsp3) is 0.588. The second kappa shape index (κ2) is 8.13. The Hall–Kier alpha value is -0.620. The van der Waals surface area contributed by atoms with Crippen molar-refractivity contribution in [3.05, 3.63) is 33.4 Å². The average Bonchev–Trinajstić information content (AvgIpc) is 2.43. The quantitative estimate of drug-likeness (QED) is 0.607. The van der Waals surface area contributed by atoms with Gasteiger partial charge >= 0.3 is 0 Å². The van der Waals surface area contributed by atoms with Crippen molar-refractivity contribution in [2.75, 3.05) is 26.2 Å². The minimum absolute atomic E-state index is 0.0341. The molecule has 1 aromatic rings. The molecule has 0 aromatic heterocycles. The number of rotatable bonds is 5. The second-order valence-corrected chi connectivity index (χ2v) is 7.57. The molecule has 0 bridgehead atoms. The van der Waals surface area contributed by atoms with Crippen molar-refractivity contribution in [1.29, 1.82) is 0 Å². The molecule has 1 heterocycles. The van der Waals surface area contributed by atoms with Gasteiger partial charge in [0.1, 0.15) is 0 Å². The van der Waals surface area contributed by atoms with Gasteiger partial charge in [-0.3, -0.25) is 4.79 Å². The molecule has 0 radical (unpaired) electrons. The van der Waals surface area contributed by atoms with Gasteiger partial charge in [0.25, 0.3) is 5.91 Å². The zero-order valence-corrected chi connectivity index (χ0v) is 15.1. The van der Waals surface area contributed by atoms with Gasteiger partial charge in [-0.2, -0.15) is 0 Å². The Balaban J connectivity index is 1.67. The SMILES string of the molecule is C[C@@H]1C[C@H](C)CN(CCCNC(=O)c2ccc(I)cc2)C1. The van der Waals surface area contributed by atoms with Crippen LogP contribution in [0.15, 0.2) is 24.3 Å². The van der Waals surface area contributed by atoms with Crippen LogP contribution in [-0.2, 0) is 0 Å². The molecule has 2 atom stereocenters. The molecular weight excluding hydrogens is 375 g/mol. The molecule has 116 valence electrons. The summed E-state index contributed by atoms with van der Waals surface area (Å²) in [5, 5.41) is 3.01. The maximum Gasteiger partial charge on any atom is 0.251 e. The van der Waals surface area contributed by atoms with E-state index < -0.39 is 0 Å². The lowest BCUT2D eigenvalue weighted by atomic mass is 9.92. The van der Waals surface area contributed by atoms with Crippen molar-refractivity contribution in [3.63, 3.8) is 0 Å². The highest BCUT2D eigenvalue weighted by molar-refractivity contribution is 14.1. The van der Waals surface area contributed by atoms with Crippen LogP contribution in [0, 0.1) is 15.4 Å². The van der Waals surface area contributed by atoms with Crippen LogP contribution in [0.1, 0.15) is 37.0 Å². The molecule has 0 spiro atoms. The summed E-state index contributed by atoms with van der Waals surface area (Å²) in [5.41, 5.74) is 0.746. The van der Waals surface area contributed by atoms with Crippen LogP contribution in [0.25, 0.3) is 0 Å². The lowest BCUT2D eigenvalue weighted by Crippen LogP contribution is -2.40. The van der Waals surface area contributed by atoms with Gasteiger partial charge in [-0.1, -0.05) is 13.8 Å². The van der Waals surface area contributed by atoms with Gasteiger partial charge in [0, 0.05) is 28.8 Å². The first-order valence-electron chi connectivity index (χ1n) is 7.80. The van der Waals surface area contributed by atoms with E-state index in [0.29, 0.717) is 0 Å². The maximum atomic E-state index is 12.0. The number of carbonyl (C=O) groups is 1. The summed E-state index contributed by atoms with van der Waals surface area (Å²) < 4.78 is 1.15. The first kappa shape index (κ1) is 16.7. The highest BCUT2D eigenvalue weighted by atomic mass is 127. The monoisotopic (exact) mass is 400 g/mol. The summed E-state index contributed by atoms with van der Waals surface area (Å²) in [6.07, 6.45) is 2.37. The Morgan fingerprint density at radius 3 is 2.48 bits per heavy atom. The predicted molar refractivity (Wildman–Crippen MR) is 95.5 cm³/mol. The van der Waals surface area contributed by atoms with E-state index in [4.69, 9.17) is 0 Å². The van der Waals surface area contributed by atoms with E-state index in [1.165, 1.54) is 19.5 Å². The zero-order chi connectivity index (χ0) is 15.2. The van der Waals surface area contributed by atoms with Crippen molar-refractivity contribution < 1.29 is 4.79 Å². The highest BCUT2D eigenvalue weighted by Crippen LogP contribution is 2.20. The van der Waals surface area contributed by atoms with Gasteiger partial charge in [-0.05, 0) is 78.1 Å². The Kier molecular flexibility index (Phi) is 6.48. The minimum Gasteiger partial charge on any atom is -0.352 e. The third-order valence-corrected chi connectivity index (χ3v) is 4.71. The zero-order valence-electron chi connectivity index (χ0n) is 12.9. The number of nitrogens with one attached hydrogen (secondary N) is 1. The summed E-state index contributed by atoms with van der Waals surface area (Å²) in [5.74, 6) is 1.64. The van der Waals surface area contributed by atoms with Gasteiger partial charge in [0.05, 0.1) is 0 Å². The normalized spacial score (nSPS) is 23.0. The minimum atomic E-state index is 0.0341. The number of piperidine rings is 1. The summed E-state index contributed by atoms with van der Waals surface area (Å²) in [6, 6.07) is 7.69. The first-order chi connectivity index (χ1) is 10.0. The molecule has 1 aliphatic rings. The molecule has 1 saturated heterocycles. The lowest BCUT2D eigenvalue weighted by Gasteiger charge is -2.34. The Morgan fingerprint density at radius 2 is 1.86 bits per heavy atom. The molecule has 21 heavy (non-hydrogen) atoms. The fourth-order valence-electron chi connectivity index (χ4n) is 3.18. The summed E-state index contributed by atoms with van der Waals surface area (Å²) in [7, 11) is 0. The Bertz CT molecular complexity index is 450. The molecule has 0 unspecified atom stereocenters. The van der Waals surface area contributed by atoms with Gasteiger partial charge in [0.2, 0.25) is 0 Å². The van der Waals surface area contributed by atoms with Crippen LogP contribution in [0.4, 0.5) is 0 Å². The molecule has 1 amide bonds. The van der Waals surface area contributed by atoms with Gasteiger partial charge in [-0.25, -0.2) is 0 Å². The molecular formula is C17H25IN2O. The number of amides is 1. The van der Waals surface area contributed by atoms with E-state index in [1.54, 1.807) is 0 Å². The Morgan fingerprint density at radius 1 is 1.24 bits per heavy atom. The largest absolute Gasteiger partial charge is 0.352 e. The molecule has 4 heteroatoms. The van der Waals surface area contributed by atoms with Crippen molar-refractivity contribution in [2.45, 2.75) is 26.7 Å². The Labute approximate surface area is 141 Å². The number of hydrogen-bond donors (Lipinski definition) is 1. The first-order valence-corrected chi connectivity index (χ1v) is 8.88. The van der Waals surface area contributed by atoms with Gasteiger partial charge < -0.3 is 10.2 Å². The summed E-state index contributed by atoms with van der Waals surface area (Å²) >= 11 is 2.25. The van der Waals surface area contributed by atoms with Crippen LogP contribution >= 0.6 is 22.6 Å². The summed E-state index contributed by atoms with van der Waals surface area (Å²) in [6.45, 7) is 8.92. The second-order valence-electron chi connectivity index (χ2n) is 6.32. The van der Waals surface area contributed by atoms with Crippen LogP contribution in [0.2, 0.25) is 0 Å². The molecule has 0 saturated carbocycles. The molecule has 0 aliphatic carbocycles. The van der Waals surface area contributed by atoms with Crippen molar-refractivity contribution in [3.8, 4) is 0 Å². The summed E-state index contributed by atoms with van der Waals surface area (Å²) in [4.78, 5) is 14.5. The standard InChI is InChI=1S/C17H25IN2O/c1-13-10-14(2)12-20(11-13)9-3-8-19-17(21)15-4-6-16(18)7-5-15/h4-7,13-14H,3,8-12H2,1-2H3,(H,19,21)/t13-,14+. The van der Waals surface area contributed by atoms with Crippen LogP contribution in [0.3, 0.4) is 0 Å². The van der Waals surface area contributed by atoms with Crippen molar-refractivity contribution in [1.82, 2.24) is 10.2 Å². The van der Waals surface area contributed by atoms with Crippen LogP contribution < -0.4 is 5.32 Å². The third kappa shape index (κ3) is 5.58. The smallest absolute Gasteiger partial charge is 0.251 e. The number of nitrogens with zero attached hydrogens (tertiary/aromatic N) is 1. The topological polar surface area (TPSA) is 32.3 Å². The number of hydrogen-bond acceptors (Lipinski definition) is 2. The molecule has 1 fully saturated rings. The number of halogens is 1.